The van der Waals surface area contributed by atoms with Crippen molar-refractivity contribution in [2.75, 3.05) is 6.61 Å². The minimum Gasteiger partial charge on any atom is -0.463 e. The number of benzene rings is 3. The van der Waals surface area contributed by atoms with Crippen LogP contribution in [0.15, 0.2) is 94.0 Å². The van der Waals surface area contributed by atoms with Crippen molar-refractivity contribution < 1.29 is 9.53 Å². The Bertz CT molecular complexity index is 1920. The molecule has 6 nitrogen and oxygen atoms in total. The smallest absolute Gasteiger partial charge is 0.338 e. The van der Waals surface area contributed by atoms with Crippen LogP contribution in [0.5, 0.6) is 0 Å². The van der Waals surface area contributed by atoms with Gasteiger partial charge in [-0.15, -0.1) is 0 Å². The van der Waals surface area contributed by atoms with Crippen molar-refractivity contribution in [3.63, 3.8) is 0 Å². The summed E-state index contributed by atoms with van der Waals surface area (Å²) in [5.74, 6) is -0.454. The summed E-state index contributed by atoms with van der Waals surface area (Å²) in [5, 5.41) is 3.09. The summed E-state index contributed by atoms with van der Waals surface area (Å²) < 4.78 is 9.72. The van der Waals surface area contributed by atoms with Gasteiger partial charge in [0.25, 0.3) is 5.56 Å². The van der Waals surface area contributed by atoms with Crippen LogP contribution >= 0.6 is 11.3 Å². The fourth-order valence-corrected chi connectivity index (χ4v) is 6.24. The van der Waals surface area contributed by atoms with E-state index >= 15 is 0 Å². The first kappa shape index (κ1) is 23.2. The van der Waals surface area contributed by atoms with Crippen LogP contribution < -0.4 is 14.9 Å². The molecule has 0 spiro atoms. The van der Waals surface area contributed by atoms with Crippen molar-refractivity contribution >= 4 is 45.1 Å². The first-order chi connectivity index (χ1) is 18.0. The predicted octanol–water partition coefficient (Wildman–Crippen LogP) is 4.44. The lowest BCUT2D eigenvalue weighted by Crippen LogP contribution is -2.40. The summed E-state index contributed by atoms with van der Waals surface area (Å²) in [6.45, 7) is 3.83. The standard InChI is InChI=1S/C30H25N3O3S/c1-4-36-29(35)26-18(2)31-30-33(27(26)23-14-9-11-19-10-5-6-12-21(19)23)28(34)25(37-30)16-20-17-32(3)24-15-8-7-13-22(20)24/h5-17,27H,4H2,1-3H3/b25-16-/t27-/m1/s1. The minimum absolute atomic E-state index is 0.177. The summed E-state index contributed by atoms with van der Waals surface area (Å²) in [6.07, 6.45) is 3.95. The monoisotopic (exact) mass is 507 g/mol. The van der Waals surface area contributed by atoms with Gasteiger partial charge in [0, 0.05) is 29.7 Å². The molecule has 0 aliphatic carbocycles. The zero-order valence-corrected chi connectivity index (χ0v) is 21.6. The molecular weight excluding hydrogens is 482 g/mol. The molecule has 0 bridgehead atoms. The Hall–Kier alpha value is -4.23. The van der Waals surface area contributed by atoms with Crippen LogP contribution in [0.1, 0.15) is 31.0 Å². The van der Waals surface area contributed by atoms with E-state index in [2.05, 4.69) is 16.7 Å². The van der Waals surface area contributed by atoms with Gasteiger partial charge in [-0.2, -0.15) is 0 Å². The van der Waals surface area contributed by atoms with Crippen LogP contribution in [0, 0.1) is 0 Å². The molecule has 0 fully saturated rings. The molecule has 3 heterocycles. The number of esters is 1. The summed E-state index contributed by atoms with van der Waals surface area (Å²) in [7, 11) is 2.00. The molecule has 0 radical (unpaired) electrons. The molecule has 2 aromatic heterocycles. The van der Waals surface area contributed by atoms with Crippen LogP contribution in [-0.2, 0) is 16.6 Å². The number of ether oxygens (including phenoxy) is 1. The highest BCUT2D eigenvalue weighted by atomic mass is 32.1. The molecule has 1 aliphatic rings. The first-order valence-electron chi connectivity index (χ1n) is 12.2. The number of hydrogen-bond acceptors (Lipinski definition) is 5. The summed E-state index contributed by atoms with van der Waals surface area (Å²) >= 11 is 1.34. The maximum atomic E-state index is 14.0. The maximum Gasteiger partial charge on any atom is 0.338 e. The zero-order valence-electron chi connectivity index (χ0n) is 20.8. The average molecular weight is 508 g/mol. The second kappa shape index (κ2) is 9.01. The number of carbonyl (C=O) groups excluding carboxylic acids is 1. The van der Waals surface area contributed by atoms with Gasteiger partial charge in [0.2, 0.25) is 0 Å². The van der Waals surface area contributed by atoms with Gasteiger partial charge in [0.05, 0.1) is 28.5 Å². The number of fused-ring (bicyclic) bond motifs is 3. The second-order valence-electron chi connectivity index (χ2n) is 9.08. The van der Waals surface area contributed by atoms with E-state index in [0.29, 0.717) is 20.6 Å². The van der Waals surface area contributed by atoms with E-state index in [9.17, 15) is 9.59 Å². The molecule has 1 atom stereocenters. The molecule has 37 heavy (non-hydrogen) atoms. The summed E-state index contributed by atoms with van der Waals surface area (Å²) in [6, 6.07) is 21.4. The van der Waals surface area contributed by atoms with Gasteiger partial charge in [-0.25, -0.2) is 9.79 Å². The first-order valence-corrected chi connectivity index (χ1v) is 13.0. The van der Waals surface area contributed by atoms with E-state index < -0.39 is 12.0 Å². The van der Waals surface area contributed by atoms with Crippen LogP contribution in [0.3, 0.4) is 0 Å². The number of allylic oxidation sites excluding steroid dienone is 1. The van der Waals surface area contributed by atoms with Crippen molar-refractivity contribution in [1.29, 1.82) is 0 Å². The molecule has 0 amide bonds. The Balaban J connectivity index is 1.64. The summed E-state index contributed by atoms with van der Waals surface area (Å²) in [4.78, 5) is 32.5. The van der Waals surface area contributed by atoms with Crippen LogP contribution in [0.4, 0.5) is 0 Å². The molecule has 7 heteroatoms. The number of nitrogens with zero attached hydrogens (tertiary/aromatic N) is 3. The van der Waals surface area contributed by atoms with E-state index in [4.69, 9.17) is 9.73 Å². The van der Waals surface area contributed by atoms with E-state index in [-0.39, 0.29) is 12.2 Å². The minimum atomic E-state index is -0.643. The largest absolute Gasteiger partial charge is 0.463 e. The van der Waals surface area contributed by atoms with Gasteiger partial charge >= 0.3 is 5.97 Å². The van der Waals surface area contributed by atoms with Crippen LogP contribution in [0.25, 0.3) is 27.8 Å². The Labute approximate surface area is 217 Å². The molecule has 3 aromatic carbocycles. The Morgan fingerprint density at radius 1 is 1.05 bits per heavy atom. The van der Waals surface area contributed by atoms with Gasteiger partial charge in [-0.3, -0.25) is 9.36 Å². The Morgan fingerprint density at radius 2 is 1.78 bits per heavy atom. The Kier molecular flexibility index (Phi) is 5.65. The fourth-order valence-electron chi connectivity index (χ4n) is 5.20. The van der Waals surface area contributed by atoms with Gasteiger partial charge in [0.1, 0.15) is 0 Å². The number of thiazole rings is 1. The van der Waals surface area contributed by atoms with Gasteiger partial charge in [-0.05, 0) is 42.3 Å². The topological polar surface area (TPSA) is 65.6 Å². The van der Waals surface area contributed by atoms with Crippen LogP contribution in [-0.4, -0.2) is 21.7 Å². The SMILES string of the molecule is CCOC(=O)C1=C(C)N=c2s/c(=C\c3cn(C)c4ccccc34)c(=O)n2[C@@H]1c1cccc2ccccc12. The van der Waals surface area contributed by atoms with E-state index in [1.54, 1.807) is 11.5 Å². The van der Waals surface area contributed by atoms with Gasteiger partial charge < -0.3 is 9.30 Å². The third kappa shape index (κ3) is 3.74. The molecule has 6 rings (SSSR count). The highest BCUT2D eigenvalue weighted by Crippen LogP contribution is 2.34. The lowest BCUT2D eigenvalue weighted by atomic mass is 9.91. The molecular formula is C30H25N3O3S. The summed E-state index contributed by atoms with van der Waals surface area (Å²) in [5.41, 5.74) is 3.70. The normalized spacial score (nSPS) is 15.8. The molecule has 5 aromatic rings. The Morgan fingerprint density at radius 3 is 2.59 bits per heavy atom. The lowest BCUT2D eigenvalue weighted by molar-refractivity contribution is -0.139. The maximum absolute atomic E-state index is 14.0. The number of aromatic nitrogens is 2. The molecule has 1 aliphatic heterocycles. The molecule has 0 N–H and O–H groups in total. The van der Waals surface area contributed by atoms with E-state index in [0.717, 1.165) is 32.8 Å². The van der Waals surface area contributed by atoms with Crippen molar-refractivity contribution in [3.05, 3.63) is 115 Å². The number of carbonyl (C=O) groups is 1. The molecule has 0 unspecified atom stereocenters. The molecule has 0 saturated heterocycles. The predicted molar refractivity (Wildman–Crippen MR) is 147 cm³/mol. The van der Waals surface area contributed by atoms with Crippen molar-refractivity contribution in [3.8, 4) is 0 Å². The number of aryl methyl sites for hydroxylation is 1. The van der Waals surface area contributed by atoms with Crippen LogP contribution in [0.2, 0.25) is 0 Å². The second-order valence-corrected chi connectivity index (χ2v) is 10.1. The lowest BCUT2D eigenvalue weighted by Gasteiger charge is -2.25. The van der Waals surface area contributed by atoms with Crippen molar-refractivity contribution in [2.24, 2.45) is 12.0 Å². The highest BCUT2D eigenvalue weighted by Gasteiger charge is 2.34. The number of para-hydroxylation sites is 1. The van der Waals surface area contributed by atoms with Gasteiger partial charge in [0.15, 0.2) is 4.80 Å². The zero-order chi connectivity index (χ0) is 25.7. The van der Waals surface area contributed by atoms with Crippen molar-refractivity contribution in [1.82, 2.24) is 9.13 Å². The molecule has 0 saturated carbocycles. The third-order valence-electron chi connectivity index (χ3n) is 6.85. The number of hydrogen-bond donors (Lipinski definition) is 0. The fraction of sp³-hybridized carbons (Fsp3) is 0.167. The van der Waals surface area contributed by atoms with Crippen molar-refractivity contribution in [2.45, 2.75) is 19.9 Å². The van der Waals surface area contributed by atoms with E-state index in [1.807, 2.05) is 80.8 Å². The van der Waals surface area contributed by atoms with Gasteiger partial charge in [-0.1, -0.05) is 72.0 Å². The molecule has 184 valence electrons. The highest BCUT2D eigenvalue weighted by molar-refractivity contribution is 7.07. The quantitative estimate of drug-likeness (QED) is 0.338. The number of rotatable bonds is 4. The average Bonchev–Trinajstić information content (AvgIpc) is 3.38. The third-order valence-corrected chi connectivity index (χ3v) is 7.83. The van der Waals surface area contributed by atoms with E-state index in [1.165, 1.54) is 11.3 Å².